The van der Waals surface area contributed by atoms with Gasteiger partial charge in [-0.05, 0) is 44.2 Å². The second kappa shape index (κ2) is 9.69. The molecule has 4 rings (SSSR count). The van der Waals surface area contributed by atoms with Crippen molar-refractivity contribution in [3.63, 3.8) is 0 Å². The number of carbonyl (C=O) groups excluding carboxylic acids is 1. The monoisotopic (exact) mass is 441 g/mol. The van der Waals surface area contributed by atoms with Crippen LogP contribution in [0.15, 0.2) is 36.7 Å². The summed E-state index contributed by atoms with van der Waals surface area (Å²) in [6.07, 6.45) is 9.12. The molecule has 3 aromatic rings. The Bertz CT molecular complexity index is 1060. The standard InChI is InChI=1S/C24H28ClN3O3/c1-3-4-14-31-19-7-5-6-18(15-19)20-21-22(25)26-12-13-28(21)23(27-20)16-8-10-17(11-9-16)24(29)30-2/h5-7,12-13,15-17H,3-4,8-11,14H2,1-2H3. The zero-order chi connectivity index (χ0) is 21.8. The molecular formula is C24H28ClN3O3. The van der Waals surface area contributed by atoms with E-state index in [0.717, 1.165) is 66.9 Å². The van der Waals surface area contributed by atoms with Crippen LogP contribution in [0.4, 0.5) is 0 Å². The number of carbonyl (C=O) groups is 1. The van der Waals surface area contributed by atoms with Crippen molar-refractivity contribution in [3.05, 3.63) is 47.6 Å². The average Bonchev–Trinajstić information content (AvgIpc) is 3.20. The fraction of sp³-hybridized carbons (Fsp3) is 0.458. The Morgan fingerprint density at radius 3 is 2.81 bits per heavy atom. The van der Waals surface area contributed by atoms with Gasteiger partial charge in [-0.25, -0.2) is 9.97 Å². The minimum atomic E-state index is -0.112. The van der Waals surface area contributed by atoms with Gasteiger partial charge >= 0.3 is 5.97 Å². The third kappa shape index (κ3) is 4.54. The molecule has 6 nitrogen and oxygen atoms in total. The van der Waals surface area contributed by atoms with Crippen LogP contribution in [0.2, 0.25) is 5.15 Å². The van der Waals surface area contributed by atoms with E-state index in [1.165, 1.54) is 7.11 Å². The third-order valence-electron chi connectivity index (χ3n) is 6.04. The summed E-state index contributed by atoms with van der Waals surface area (Å²) in [4.78, 5) is 21.2. The largest absolute Gasteiger partial charge is 0.494 e. The molecule has 31 heavy (non-hydrogen) atoms. The molecule has 2 heterocycles. The molecule has 0 amide bonds. The first-order chi connectivity index (χ1) is 15.1. The summed E-state index contributed by atoms with van der Waals surface area (Å²) in [6.45, 7) is 2.84. The zero-order valence-electron chi connectivity index (χ0n) is 18.0. The smallest absolute Gasteiger partial charge is 0.308 e. The van der Waals surface area contributed by atoms with Crippen LogP contribution in [0.5, 0.6) is 5.75 Å². The number of nitrogens with zero attached hydrogens (tertiary/aromatic N) is 3. The summed E-state index contributed by atoms with van der Waals surface area (Å²) in [7, 11) is 1.46. The SMILES string of the molecule is CCCCOc1cccc(-c2nc(C3CCC(C(=O)OC)CC3)n3ccnc(Cl)c23)c1. The molecule has 1 saturated carbocycles. The van der Waals surface area contributed by atoms with Gasteiger partial charge in [0, 0.05) is 23.9 Å². The summed E-state index contributed by atoms with van der Waals surface area (Å²) in [5.74, 6) is 1.92. The Hall–Kier alpha value is -2.60. The van der Waals surface area contributed by atoms with Gasteiger partial charge in [0.05, 0.1) is 25.3 Å². The molecule has 0 N–H and O–H groups in total. The highest BCUT2D eigenvalue weighted by Gasteiger charge is 2.31. The number of hydrogen-bond donors (Lipinski definition) is 0. The molecule has 1 aliphatic carbocycles. The average molecular weight is 442 g/mol. The predicted octanol–water partition coefficient (Wildman–Crippen LogP) is 5.68. The van der Waals surface area contributed by atoms with Gasteiger partial charge in [0.15, 0.2) is 5.15 Å². The number of rotatable bonds is 7. The molecule has 0 spiro atoms. The van der Waals surface area contributed by atoms with Crippen LogP contribution < -0.4 is 4.74 Å². The highest BCUT2D eigenvalue weighted by molar-refractivity contribution is 6.33. The predicted molar refractivity (Wildman–Crippen MR) is 121 cm³/mol. The van der Waals surface area contributed by atoms with E-state index in [-0.39, 0.29) is 17.8 Å². The number of esters is 1. The van der Waals surface area contributed by atoms with Crippen LogP contribution in [-0.4, -0.2) is 34.1 Å². The first-order valence-electron chi connectivity index (χ1n) is 11.0. The van der Waals surface area contributed by atoms with E-state index in [0.29, 0.717) is 11.8 Å². The molecule has 7 heteroatoms. The quantitative estimate of drug-likeness (QED) is 0.349. The number of fused-ring (bicyclic) bond motifs is 1. The van der Waals surface area contributed by atoms with Crippen molar-refractivity contribution >= 4 is 23.1 Å². The lowest BCUT2D eigenvalue weighted by Gasteiger charge is -2.26. The van der Waals surface area contributed by atoms with Crippen molar-refractivity contribution in [2.24, 2.45) is 5.92 Å². The van der Waals surface area contributed by atoms with Crippen LogP contribution in [-0.2, 0) is 9.53 Å². The molecular weight excluding hydrogens is 414 g/mol. The zero-order valence-corrected chi connectivity index (χ0v) is 18.8. The van der Waals surface area contributed by atoms with Crippen molar-refractivity contribution in [1.82, 2.24) is 14.4 Å². The maximum Gasteiger partial charge on any atom is 0.308 e. The van der Waals surface area contributed by atoms with Crippen molar-refractivity contribution in [1.29, 1.82) is 0 Å². The fourth-order valence-electron chi connectivity index (χ4n) is 4.34. The number of ether oxygens (including phenoxy) is 2. The first-order valence-corrected chi connectivity index (χ1v) is 11.3. The summed E-state index contributed by atoms with van der Waals surface area (Å²) < 4.78 is 12.9. The molecule has 0 saturated heterocycles. The van der Waals surface area contributed by atoms with Crippen LogP contribution in [0.3, 0.4) is 0 Å². The van der Waals surface area contributed by atoms with Crippen molar-refractivity contribution < 1.29 is 14.3 Å². The number of methoxy groups -OCH3 is 1. The van der Waals surface area contributed by atoms with Crippen LogP contribution in [0.1, 0.15) is 57.2 Å². The maximum atomic E-state index is 11.9. The minimum Gasteiger partial charge on any atom is -0.494 e. The summed E-state index contributed by atoms with van der Waals surface area (Å²) >= 11 is 6.53. The van der Waals surface area contributed by atoms with E-state index in [2.05, 4.69) is 16.3 Å². The molecule has 0 unspecified atom stereocenters. The van der Waals surface area contributed by atoms with Gasteiger partial charge in [0.1, 0.15) is 17.1 Å². The van der Waals surface area contributed by atoms with Crippen molar-refractivity contribution in [3.8, 4) is 17.0 Å². The van der Waals surface area contributed by atoms with Gasteiger partial charge < -0.3 is 9.47 Å². The third-order valence-corrected chi connectivity index (χ3v) is 6.31. The molecule has 0 atom stereocenters. The second-order valence-electron chi connectivity index (χ2n) is 8.06. The topological polar surface area (TPSA) is 65.7 Å². The van der Waals surface area contributed by atoms with Gasteiger partial charge in [-0.2, -0.15) is 0 Å². The second-order valence-corrected chi connectivity index (χ2v) is 8.41. The lowest BCUT2D eigenvalue weighted by Crippen LogP contribution is -2.23. The number of unbranched alkanes of at least 4 members (excludes halogenated alkanes) is 1. The number of hydrogen-bond acceptors (Lipinski definition) is 5. The van der Waals surface area contributed by atoms with Gasteiger partial charge in [-0.3, -0.25) is 9.20 Å². The van der Waals surface area contributed by atoms with Crippen molar-refractivity contribution in [2.75, 3.05) is 13.7 Å². The van der Waals surface area contributed by atoms with E-state index in [1.807, 2.05) is 30.5 Å². The van der Waals surface area contributed by atoms with Crippen molar-refractivity contribution in [2.45, 2.75) is 51.4 Å². The Balaban J connectivity index is 1.67. The summed E-state index contributed by atoms with van der Waals surface area (Å²) in [6, 6.07) is 7.98. The number of aromatic nitrogens is 3. The number of benzene rings is 1. The highest BCUT2D eigenvalue weighted by Crippen LogP contribution is 2.39. The Labute approximate surface area is 187 Å². The van der Waals surface area contributed by atoms with Crippen LogP contribution in [0.25, 0.3) is 16.8 Å². The molecule has 2 aromatic heterocycles. The van der Waals surface area contributed by atoms with E-state index >= 15 is 0 Å². The van der Waals surface area contributed by atoms with E-state index in [1.54, 1.807) is 6.20 Å². The molecule has 164 valence electrons. The molecule has 0 radical (unpaired) electrons. The van der Waals surface area contributed by atoms with Gasteiger partial charge in [0.25, 0.3) is 0 Å². The Morgan fingerprint density at radius 2 is 2.06 bits per heavy atom. The number of imidazole rings is 1. The van der Waals surface area contributed by atoms with E-state index < -0.39 is 0 Å². The molecule has 1 fully saturated rings. The lowest BCUT2D eigenvalue weighted by atomic mass is 9.81. The van der Waals surface area contributed by atoms with Crippen LogP contribution in [0, 0.1) is 5.92 Å². The Morgan fingerprint density at radius 1 is 1.26 bits per heavy atom. The van der Waals surface area contributed by atoms with Crippen LogP contribution >= 0.6 is 11.6 Å². The Kier molecular flexibility index (Phi) is 6.76. The summed E-state index contributed by atoms with van der Waals surface area (Å²) in [5, 5.41) is 0.428. The first kappa shape index (κ1) is 21.6. The minimum absolute atomic E-state index is 0.0193. The van der Waals surface area contributed by atoms with E-state index in [9.17, 15) is 4.79 Å². The fourth-order valence-corrected chi connectivity index (χ4v) is 4.57. The lowest BCUT2D eigenvalue weighted by molar-refractivity contribution is -0.146. The summed E-state index contributed by atoms with van der Waals surface area (Å²) in [5.41, 5.74) is 2.57. The van der Waals surface area contributed by atoms with Gasteiger partial charge in [0.2, 0.25) is 0 Å². The highest BCUT2D eigenvalue weighted by atomic mass is 35.5. The molecule has 0 bridgehead atoms. The molecule has 0 aliphatic heterocycles. The van der Waals surface area contributed by atoms with Gasteiger partial charge in [-0.1, -0.05) is 37.1 Å². The maximum absolute atomic E-state index is 11.9. The normalized spacial score (nSPS) is 18.8. The molecule has 1 aromatic carbocycles. The van der Waals surface area contributed by atoms with Gasteiger partial charge in [-0.15, -0.1) is 0 Å². The molecule has 1 aliphatic rings. The van der Waals surface area contributed by atoms with E-state index in [4.69, 9.17) is 26.1 Å². The number of halogens is 1.